The number of methoxy groups -OCH3 is 1. The molecule has 1 aromatic rings. The number of ether oxygens (including phenoxy) is 1. The third-order valence-electron chi connectivity index (χ3n) is 2.42. The van der Waals surface area contributed by atoms with Gasteiger partial charge in [0.05, 0.1) is 18.2 Å². The summed E-state index contributed by atoms with van der Waals surface area (Å²) in [5.41, 5.74) is 0.783. The van der Waals surface area contributed by atoms with E-state index in [0.717, 1.165) is 5.56 Å². The SMILES string of the molecule is COc1cc(Cl)c(C2CNC(=O)N2)cc1Cl. The molecular formula is C10H10Cl2N2O2. The largest absolute Gasteiger partial charge is 0.495 e. The standard InChI is InChI=1S/C10H10Cl2N2O2/c1-16-9-3-6(11)5(2-7(9)12)8-4-13-10(15)14-8/h2-3,8H,4H2,1H3,(H2,13,14,15). The molecule has 86 valence electrons. The van der Waals surface area contributed by atoms with Crippen LogP contribution >= 0.6 is 23.2 Å². The van der Waals surface area contributed by atoms with E-state index in [9.17, 15) is 4.79 Å². The number of carbonyl (C=O) groups excluding carboxylic acids is 1. The summed E-state index contributed by atoms with van der Waals surface area (Å²) >= 11 is 12.1. The number of hydrogen-bond donors (Lipinski definition) is 2. The molecule has 0 aromatic heterocycles. The van der Waals surface area contributed by atoms with E-state index in [2.05, 4.69) is 10.6 Å². The number of urea groups is 1. The fraction of sp³-hybridized carbons (Fsp3) is 0.300. The summed E-state index contributed by atoms with van der Waals surface area (Å²) in [6.45, 7) is 0.501. The van der Waals surface area contributed by atoms with Crippen LogP contribution in [0.3, 0.4) is 0 Å². The van der Waals surface area contributed by atoms with Gasteiger partial charge in [-0.15, -0.1) is 0 Å². The summed E-state index contributed by atoms with van der Waals surface area (Å²) in [6, 6.07) is 3.00. The molecule has 1 heterocycles. The van der Waals surface area contributed by atoms with Crippen molar-refractivity contribution in [2.24, 2.45) is 0 Å². The van der Waals surface area contributed by atoms with Crippen LogP contribution in [0.1, 0.15) is 11.6 Å². The Morgan fingerprint density at radius 3 is 2.69 bits per heavy atom. The minimum absolute atomic E-state index is 0.150. The number of halogens is 2. The van der Waals surface area contributed by atoms with Crippen molar-refractivity contribution in [3.8, 4) is 5.75 Å². The lowest BCUT2D eigenvalue weighted by Crippen LogP contribution is -2.21. The van der Waals surface area contributed by atoms with E-state index in [1.54, 1.807) is 12.1 Å². The second kappa shape index (κ2) is 4.39. The summed E-state index contributed by atoms with van der Waals surface area (Å²) in [7, 11) is 1.52. The van der Waals surface area contributed by atoms with Gasteiger partial charge in [-0.1, -0.05) is 23.2 Å². The lowest BCUT2D eigenvalue weighted by molar-refractivity contribution is 0.247. The van der Waals surface area contributed by atoms with Gasteiger partial charge in [0.25, 0.3) is 0 Å². The van der Waals surface area contributed by atoms with Gasteiger partial charge < -0.3 is 15.4 Å². The quantitative estimate of drug-likeness (QED) is 0.858. The first-order valence-electron chi connectivity index (χ1n) is 4.69. The zero-order chi connectivity index (χ0) is 11.7. The number of hydrogen-bond acceptors (Lipinski definition) is 2. The van der Waals surface area contributed by atoms with E-state index >= 15 is 0 Å². The van der Waals surface area contributed by atoms with Gasteiger partial charge in [-0.05, 0) is 11.6 Å². The second-order valence-corrected chi connectivity index (χ2v) is 4.23. The number of nitrogens with one attached hydrogen (secondary N) is 2. The van der Waals surface area contributed by atoms with Gasteiger partial charge >= 0.3 is 6.03 Å². The third kappa shape index (κ3) is 2.03. The van der Waals surface area contributed by atoms with Crippen molar-refractivity contribution in [1.29, 1.82) is 0 Å². The highest BCUT2D eigenvalue weighted by atomic mass is 35.5. The average Bonchev–Trinajstić information content (AvgIpc) is 2.67. The van der Waals surface area contributed by atoms with Gasteiger partial charge in [0, 0.05) is 17.6 Å². The Kier molecular flexibility index (Phi) is 3.12. The van der Waals surface area contributed by atoms with Gasteiger partial charge in [-0.3, -0.25) is 0 Å². The van der Waals surface area contributed by atoms with Gasteiger partial charge in [-0.2, -0.15) is 0 Å². The zero-order valence-corrected chi connectivity index (χ0v) is 10.0. The lowest BCUT2D eigenvalue weighted by Gasteiger charge is -2.13. The Hall–Kier alpha value is -1.13. The molecule has 0 saturated carbocycles. The van der Waals surface area contributed by atoms with Crippen molar-refractivity contribution in [2.45, 2.75) is 6.04 Å². The van der Waals surface area contributed by atoms with Crippen molar-refractivity contribution < 1.29 is 9.53 Å². The highest BCUT2D eigenvalue weighted by Gasteiger charge is 2.24. The van der Waals surface area contributed by atoms with E-state index in [-0.39, 0.29) is 12.1 Å². The number of amides is 2. The number of carbonyl (C=O) groups is 1. The minimum Gasteiger partial charge on any atom is -0.495 e. The van der Waals surface area contributed by atoms with Crippen LogP contribution in [0.25, 0.3) is 0 Å². The molecule has 2 N–H and O–H groups in total. The maximum absolute atomic E-state index is 11.0. The minimum atomic E-state index is -0.201. The van der Waals surface area contributed by atoms with Gasteiger partial charge in [0.1, 0.15) is 5.75 Å². The molecule has 6 heteroatoms. The molecule has 1 atom stereocenters. The fourth-order valence-corrected chi connectivity index (χ4v) is 2.14. The Bertz CT molecular complexity index is 437. The van der Waals surface area contributed by atoms with Crippen molar-refractivity contribution in [2.75, 3.05) is 13.7 Å². The van der Waals surface area contributed by atoms with Crippen LogP contribution in [-0.4, -0.2) is 19.7 Å². The molecule has 4 nitrogen and oxygen atoms in total. The molecule has 1 aromatic carbocycles. The predicted octanol–water partition coefficient (Wildman–Crippen LogP) is 2.36. The number of rotatable bonds is 2. The molecule has 1 saturated heterocycles. The second-order valence-electron chi connectivity index (χ2n) is 3.42. The molecule has 0 spiro atoms. The molecular weight excluding hydrogens is 251 g/mol. The van der Waals surface area contributed by atoms with E-state index in [4.69, 9.17) is 27.9 Å². The van der Waals surface area contributed by atoms with Gasteiger partial charge in [-0.25, -0.2) is 4.79 Å². The summed E-state index contributed by atoms with van der Waals surface area (Å²) in [5, 5.41) is 6.40. The Morgan fingerprint density at radius 1 is 1.38 bits per heavy atom. The van der Waals surface area contributed by atoms with Crippen molar-refractivity contribution in [1.82, 2.24) is 10.6 Å². The Labute approximate surface area is 103 Å². The maximum Gasteiger partial charge on any atom is 0.315 e. The summed E-state index contributed by atoms with van der Waals surface area (Å²) in [6.07, 6.45) is 0. The lowest BCUT2D eigenvalue weighted by atomic mass is 10.1. The summed E-state index contributed by atoms with van der Waals surface area (Å²) < 4.78 is 5.05. The van der Waals surface area contributed by atoms with Crippen LogP contribution in [0.15, 0.2) is 12.1 Å². The van der Waals surface area contributed by atoms with E-state index < -0.39 is 0 Å². The fourth-order valence-electron chi connectivity index (χ4n) is 1.61. The van der Waals surface area contributed by atoms with Gasteiger partial charge in [0.15, 0.2) is 0 Å². The molecule has 1 aliphatic rings. The summed E-state index contributed by atoms with van der Waals surface area (Å²) in [4.78, 5) is 11.0. The average molecular weight is 261 g/mol. The van der Waals surface area contributed by atoms with Crippen LogP contribution in [0.2, 0.25) is 10.0 Å². The summed E-state index contributed by atoms with van der Waals surface area (Å²) in [5.74, 6) is 0.521. The zero-order valence-electron chi connectivity index (χ0n) is 8.51. The molecule has 0 radical (unpaired) electrons. The topological polar surface area (TPSA) is 50.4 Å². The third-order valence-corrected chi connectivity index (χ3v) is 3.04. The molecule has 0 bridgehead atoms. The van der Waals surface area contributed by atoms with Crippen molar-refractivity contribution >= 4 is 29.2 Å². The molecule has 2 rings (SSSR count). The van der Waals surface area contributed by atoms with Crippen LogP contribution in [0.4, 0.5) is 4.79 Å². The van der Waals surface area contributed by atoms with Crippen LogP contribution in [0.5, 0.6) is 5.75 Å². The highest BCUT2D eigenvalue weighted by molar-refractivity contribution is 6.34. The monoisotopic (exact) mass is 260 g/mol. The van der Waals surface area contributed by atoms with Crippen LogP contribution < -0.4 is 15.4 Å². The maximum atomic E-state index is 11.0. The first kappa shape index (κ1) is 11.4. The Balaban J connectivity index is 2.34. The highest BCUT2D eigenvalue weighted by Crippen LogP contribution is 2.34. The van der Waals surface area contributed by atoms with E-state index in [0.29, 0.717) is 22.3 Å². The first-order valence-corrected chi connectivity index (χ1v) is 5.44. The van der Waals surface area contributed by atoms with Crippen molar-refractivity contribution in [3.05, 3.63) is 27.7 Å². The molecule has 1 fully saturated rings. The normalized spacial score (nSPS) is 19.2. The van der Waals surface area contributed by atoms with Crippen LogP contribution in [-0.2, 0) is 0 Å². The van der Waals surface area contributed by atoms with Crippen molar-refractivity contribution in [3.63, 3.8) is 0 Å². The van der Waals surface area contributed by atoms with Crippen LogP contribution in [0, 0.1) is 0 Å². The smallest absolute Gasteiger partial charge is 0.315 e. The van der Waals surface area contributed by atoms with E-state index in [1.807, 2.05) is 0 Å². The molecule has 1 aliphatic heterocycles. The molecule has 0 aliphatic carbocycles. The molecule has 2 amide bonds. The predicted molar refractivity (Wildman–Crippen MR) is 62.3 cm³/mol. The molecule has 1 unspecified atom stereocenters. The van der Waals surface area contributed by atoms with E-state index in [1.165, 1.54) is 7.11 Å². The number of benzene rings is 1. The van der Waals surface area contributed by atoms with Gasteiger partial charge in [0.2, 0.25) is 0 Å². The molecule has 16 heavy (non-hydrogen) atoms. The first-order chi connectivity index (χ1) is 7.61. The Morgan fingerprint density at radius 2 is 2.12 bits per heavy atom.